The van der Waals surface area contributed by atoms with Gasteiger partial charge in [-0.15, -0.1) is 0 Å². The maximum absolute atomic E-state index is 13.7. The predicted octanol–water partition coefficient (Wildman–Crippen LogP) is 6.37. The molecule has 1 amide bonds. The van der Waals surface area contributed by atoms with Crippen LogP contribution in [0.5, 0.6) is 11.5 Å². The molecular weight excluding hydrogens is 432 g/mol. The van der Waals surface area contributed by atoms with E-state index in [0.29, 0.717) is 24.9 Å². The van der Waals surface area contributed by atoms with Crippen LogP contribution in [-0.4, -0.2) is 35.6 Å². The SMILES string of the molecule is CCOc1ccc(/C=C2\SC(Nc3ccccc3)N([C@H]3CCCC[C@H]3C)C2=O)cc1OCC. The molecule has 4 rings (SSSR count). The molecule has 1 unspecified atom stereocenters. The molecule has 3 atom stereocenters. The second kappa shape index (κ2) is 11.0. The fourth-order valence-corrected chi connectivity index (χ4v) is 5.89. The first kappa shape index (κ1) is 23.6. The Morgan fingerprint density at radius 3 is 2.48 bits per heavy atom. The zero-order chi connectivity index (χ0) is 23.2. The third-order valence-corrected chi connectivity index (χ3v) is 7.40. The fourth-order valence-electron chi connectivity index (χ4n) is 4.68. The number of carbonyl (C=O) groups is 1. The highest BCUT2D eigenvalue weighted by Crippen LogP contribution is 2.42. The molecule has 1 saturated heterocycles. The maximum Gasteiger partial charge on any atom is 0.262 e. The second-order valence-corrected chi connectivity index (χ2v) is 9.72. The number of benzene rings is 2. The van der Waals surface area contributed by atoms with E-state index < -0.39 is 0 Å². The zero-order valence-electron chi connectivity index (χ0n) is 19.8. The minimum Gasteiger partial charge on any atom is -0.490 e. The zero-order valence-corrected chi connectivity index (χ0v) is 20.6. The van der Waals surface area contributed by atoms with Gasteiger partial charge in [-0.3, -0.25) is 4.79 Å². The first-order chi connectivity index (χ1) is 16.1. The molecule has 1 heterocycles. The van der Waals surface area contributed by atoms with Crippen LogP contribution in [0.3, 0.4) is 0 Å². The van der Waals surface area contributed by atoms with Crippen molar-refractivity contribution < 1.29 is 14.3 Å². The van der Waals surface area contributed by atoms with Crippen molar-refractivity contribution in [3.05, 3.63) is 59.0 Å². The summed E-state index contributed by atoms with van der Waals surface area (Å²) in [5.74, 6) is 2.05. The van der Waals surface area contributed by atoms with Crippen molar-refractivity contribution in [1.82, 2.24) is 4.90 Å². The van der Waals surface area contributed by atoms with Gasteiger partial charge in [-0.05, 0) is 68.5 Å². The fraction of sp³-hybridized carbons (Fsp3) is 0.444. The van der Waals surface area contributed by atoms with Crippen LogP contribution < -0.4 is 14.8 Å². The van der Waals surface area contributed by atoms with Crippen molar-refractivity contribution >= 4 is 29.4 Å². The van der Waals surface area contributed by atoms with Gasteiger partial charge in [-0.25, -0.2) is 0 Å². The minimum atomic E-state index is -0.120. The van der Waals surface area contributed by atoms with Gasteiger partial charge in [0.15, 0.2) is 17.0 Å². The van der Waals surface area contributed by atoms with Crippen LogP contribution in [0.15, 0.2) is 53.4 Å². The van der Waals surface area contributed by atoms with E-state index in [1.807, 2.05) is 56.3 Å². The molecule has 1 aliphatic carbocycles. The quantitative estimate of drug-likeness (QED) is 0.458. The van der Waals surface area contributed by atoms with Crippen LogP contribution in [0.1, 0.15) is 52.0 Å². The van der Waals surface area contributed by atoms with Crippen LogP contribution in [0.4, 0.5) is 5.69 Å². The van der Waals surface area contributed by atoms with Gasteiger partial charge in [0.1, 0.15) is 0 Å². The van der Waals surface area contributed by atoms with Crippen molar-refractivity contribution in [2.75, 3.05) is 18.5 Å². The molecule has 33 heavy (non-hydrogen) atoms. The molecule has 0 spiro atoms. The number of thioether (sulfide) groups is 1. The van der Waals surface area contributed by atoms with Crippen LogP contribution in [0, 0.1) is 5.92 Å². The van der Waals surface area contributed by atoms with Gasteiger partial charge >= 0.3 is 0 Å². The summed E-state index contributed by atoms with van der Waals surface area (Å²) in [6.45, 7) is 7.34. The van der Waals surface area contributed by atoms with E-state index in [0.717, 1.165) is 28.3 Å². The lowest BCUT2D eigenvalue weighted by molar-refractivity contribution is -0.129. The van der Waals surface area contributed by atoms with Crippen molar-refractivity contribution in [3.8, 4) is 11.5 Å². The van der Waals surface area contributed by atoms with Crippen molar-refractivity contribution in [1.29, 1.82) is 0 Å². The number of rotatable bonds is 8. The van der Waals surface area contributed by atoms with Gasteiger partial charge in [0.25, 0.3) is 5.91 Å². The number of para-hydroxylation sites is 1. The van der Waals surface area contributed by atoms with E-state index >= 15 is 0 Å². The maximum atomic E-state index is 13.7. The van der Waals surface area contributed by atoms with E-state index in [2.05, 4.69) is 29.3 Å². The van der Waals surface area contributed by atoms with Crippen LogP contribution in [-0.2, 0) is 4.79 Å². The Bertz CT molecular complexity index is 979. The molecule has 0 radical (unpaired) electrons. The lowest BCUT2D eigenvalue weighted by Gasteiger charge is -2.39. The Morgan fingerprint density at radius 1 is 1.03 bits per heavy atom. The molecule has 2 aromatic rings. The Kier molecular flexibility index (Phi) is 7.86. The van der Waals surface area contributed by atoms with E-state index in [-0.39, 0.29) is 17.4 Å². The highest BCUT2D eigenvalue weighted by molar-refractivity contribution is 8.05. The number of carbonyl (C=O) groups excluding carboxylic acids is 1. The second-order valence-electron chi connectivity index (χ2n) is 8.60. The summed E-state index contributed by atoms with van der Waals surface area (Å²) >= 11 is 1.60. The van der Waals surface area contributed by atoms with E-state index in [4.69, 9.17) is 9.47 Å². The predicted molar refractivity (Wildman–Crippen MR) is 136 cm³/mol. The number of hydrogen-bond acceptors (Lipinski definition) is 5. The summed E-state index contributed by atoms with van der Waals surface area (Å²) in [5.41, 5.74) is 1.85. The number of nitrogens with one attached hydrogen (secondary N) is 1. The molecule has 1 saturated carbocycles. The molecule has 2 aliphatic rings. The van der Waals surface area contributed by atoms with Gasteiger partial charge < -0.3 is 19.7 Å². The molecule has 2 aromatic carbocycles. The van der Waals surface area contributed by atoms with Crippen molar-refractivity contribution in [2.24, 2.45) is 5.92 Å². The van der Waals surface area contributed by atoms with Gasteiger partial charge in [0, 0.05) is 11.7 Å². The molecular formula is C27H34N2O3S. The Hall–Kier alpha value is -2.60. The van der Waals surface area contributed by atoms with Gasteiger partial charge in [-0.2, -0.15) is 0 Å². The minimum absolute atomic E-state index is 0.110. The number of amides is 1. The van der Waals surface area contributed by atoms with Crippen molar-refractivity contribution in [2.45, 2.75) is 58.0 Å². The number of ether oxygens (including phenoxy) is 2. The Labute approximate surface area is 201 Å². The number of nitrogens with zero attached hydrogens (tertiary/aromatic N) is 1. The van der Waals surface area contributed by atoms with Crippen LogP contribution >= 0.6 is 11.8 Å². The van der Waals surface area contributed by atoms with E-state index in [9.17, 15) is 4.79 Å². The summed E-state index contributed by atoms with van der Waals surface area (Å²) in [4.78, 5) is 16.5. The lowest BCUT2D eigenvalue weighted by atomic mass is 9.85. The van der Waals surface area contributed by atoms with Crippen molar-refractivity contribution in [3.63, 3.8) is 0 Å². The molecule has 176 valence electrons. The number of hydrogen-bond donors (Lipinski definition) is 1. The summed E-state index contributed by atoms with van der Waals surface area (Å²) in [5, 5.41) is 3.60. The number of anilines is 1. The van der Waals surface area contributed by atoms with Gasteiger partial charge in [0.05, 0.1) is 18.1 Å². The monoisotopic (exact) mass is 466 g/mol. The average Bonchev–Trinajstić information content (AvgIpc) is 3.11. The third kappa shape index (κ3) is 5.49. The molecule has 5 nitrogen and oxygen atoms in total. The Balaban J connectivity index is 1.64. The molecule has 2 fully saturated rings. The molecule has 1 aliphatic heterocycles. The lowest BCUT2D eigenvalue weighted by Crippen LogP contribution is -2.48. The molecule has 6 heteroatoms. The third-order valence-electron chi connectivity index (χ3n) is 6.29. The summed E-state index contributed by atoms with van der Waals surface area (Å²) in [6, 6.07) is 16.3. The normalized spacial score (nSPS) is 24.2. The standard InChI is InChI=1S/C27H34N2O3S/c1-4-31-23-16-15-20(17-24(23)32-5-2)18-25-26(30)29(22-14-10-9-11-19(22)3)27(33-25)28-21-12-7-6-8-13-21/h6-8,12-13,15-19,22,27-28H,4-5,9-11,14H2,1-3H3/b25-18-/t19-,22+,27?/m1/s1. The van der Waals surface area contributed by atoms with Gasteiger partial charge in [0.2, 0.25) is 0 Å². The summed E-state index contributed by atoms with van der Waals surface area (Å²) < 4.78 is 11.5. The molecule has 0 aromatic heterocycles. The molecule has 1 N–H and O–H groups in total. The van der Waals surface area contributed by atoms with Crippen LogP contribution in [0.25, 0.3) is 6.08 Å². The Morgan fingerprint density at radius 2 is 1.76 bits per heavy atom. The average molecular weight is 467 g/mol. The van der Waals surface area contributed by atoms with E-state index in [1.165, 1.54) is 19.3 Å². The first-order valence-electron chi connectivity index (χ1n) is 12.0. The highest BCUT2D eigenvalue weighted by atomic mass is 32.2. The largest absolute Gasteiger partial charge is 0.490 e. The van der Waals surface area contributed by atoms with E-state index in [1.54, 1.807) is 11.8 Å². The summed E-state index contributed by atoms with van der Waals surface area (Å²) in [6.07, 6.45) is 6.65. The van der Waals surface area contributed by atoms with Crippen LogP contribution in [0.2, 0.25) is 0 Å². The first-order valence-corrected chi connectivity index (χ1v) is 12.9. The van der Waals surface area contributed by atoms with Gasteiger partial charge in [-0.1, -0.05) is 55.8 Å². The highest BCUT2D eigenvalue weighted by Gasteiger charge is 2.42. The molecule has 0 bridgehead atoms. The summed E-state index contributed by atoms with van der Waals surface area (Å²) in [7, 11) is 0. The smallest absolute Gasteiger partial charge is 0.262 e. The topological polar surface area (TPSA) is 50.8 Å².